The first kappa shape index (κ1) is 26.7. The molecule has 9 heteroatoms. The van der Waals surface area contributed by atoms with Gasteiger partial charge >= 0.3 is 11.9 Å². The average Bonchev–Trinajstić information content (AvgIpc) is 2.73. The van der Waals surface area contributed by atoms with Crippen LogP contribution in [0.4, 0.5) is 0 Å². The minimum Gasteiger partial charge on any atom is -0.481 e. The zero-order chi connectivity index (χ0) is 23.1. The van der Waals surface area contributed by atoms with E-state index in [0.717, 1.165) is 10.9 Å². The van der Waals surface area contributed by atoms with Gasteiger partial charge in [0.15, 0.2) is 13.2 Å². The molecule has 0 spiro atoms. The maximum absolute atomic E-state index is 10.3. The topological polar surface area (TPSA) is 141 Å². The van der Waals surface area contributed by atoms with E-state index in [-0.39, 0.29) is 11.7 Å². The number of rotatable bonds is 6. The molecule has 8 nitrogen and oxygen atoms in total. The molecule has 0 saturated heterocycles. The molecular formula is C21H23BrN2O6. The molecular weight excluding hydrogens is 456 g/mol. The Bertz CT molecular complexity index is 880. The van der Waals surface area contributed by atoms with Crippen molar-refractivity contribution in [1.29, 1.82) is 10.5 Å². The Morgan fingerprint density at radius 2 is 1.73 bits per heavy atom. The summed E-state index contributed by atoms with van der Waals surface area (Å²) in [6.07, 6.45) is 4.34. The summed E-state index contributed by atoms with van der Waals surface area (Å²) in [6.45, 7) is 5.12. The van der Waals surface area contributed by atoms with E-state index >= 15 is 0 Å². The Kier molecular flexibility index (Phi) is 13.1. The Hall–Kier alpha value is -3.30. The number of allylic oxidation sites excluding steroid dienone is 3. The van der Waals surface area contributed by atoms with Crippen molar-refractivity contribution < 1.29 is 29.3 Å². The molecule has 1 unspecified atom stereocenters. The maximum Gasteiger partial charge on any atom is 0.341 e. The molecule has 1 aliphatic rings. The number of carboxylic acid groups (broad SMARTS) is 2. The van der Waals surface area contributed by atoms with Crippen LogP contribution in [0.5, 0.6) is 5.75 Å². The van der Waals surface area contributed by atoms with Crippen molar-refractivity contribution >= 4 is 27.9 Å². The minimum atomic E-state index is -1.08. The van der Waals surface area contributed by atoms with E-state index in [4.69, 9.17) is 30.2 Å². The van der Waals surface area contributed by atoms with Gasteiger partial charge in [-0.15, -0.1) is 0 Å². The Morgan fingerprint density at radius 1 is 1.13 bits per heavy atom. The van der Waals surface area contributed by atoms with Gasteiger partial charge in [0.2, 0.25) is 0 Å². The number of hydrogen-bond donors (Lipinski definition) is 2. The highest BCUT2D eigenvalue weighted by Crippen LogP contribution is 2.23. The average molecular weight is 479 g/mol. The first-order chi connectivity index (χ1) is 14.3. The predicted octanol–water partition coefficient (Wildman–Crippen LogP) is 4.27. The highest BCUT2D eigenvalue weighted by molar-refractivity contribution is 9.10. The summed E-state index contributed by atoms with van der Waals surface area (Å²) in [5, 5.41) is 34.2. The van der Waals surface area contributed by atoms with Crippen LogP contribution in [-0.2, 0) is 14.3 Å². The van der Waals surface area contributed by atoms with Gasteiger partial charge in [-0.05, 0) is 36.6 Å². The largest absolute Gasteiger partial charge is 0.481 e. The summed E-state index contributed by atoms with van der Waals surface area (Å²) >= 11 is 3.20. The van der Waals surface area contributed by atoms with E-state index in [2.05, 4.69) is 15.9 Å². The molecule has 0 amide bonds. The quantitative estimate of drug-likeness (QED) is 0.616. The fourth-order valence-corrected chi connectivity index (χ4v) is 2.37. The lowest BCUT2D eigenvalue weighted by atomic mass is 9.97. The summed E-state index contributed by atoms with van der Waals surface area (Å²) in [5.41, 5.74) is 0.735. The van der Waals surface area contributed by atoms with E-state index in [1.165, 1.54) is 0 Å². The zero-order valence-corrected chi connectivity index (χ0v) is 18.5. The van der Waals surface area contributed by atoms with Crippen molar-refractivity contribution in [2.45, 2.75) is 27.2 Å². The van der Waals surface area contributed by atoms with E-state index in [1.54, 1.807) is 30.4 Å². The van der Waals surface area contributed by atoms with Crippen LogP contribution in [0.1, 0.15) is 32.8 Å². The number of nitriles is 2. The van der Waals surface area contributed by atoms with Gasteiger partial charge in [-0.3, -0.25) is 0 Å². The van der Waals surface area contributed by atoms with Crippen molar-refractivity contribution in [3.63, 3.8) is 0 Å². The van der Waals surface area contributed by atoms with Crippen molar-refractivity contribution in [3.8, 4) is 17.9 Å². The summed E-state index contributed by atoms with van der Waals surface area (Å²) in [5.74, 6) is -1.18. The standard InChI is InChI=1S/C10H11NO3.C9H6BrNO3.C2H6/c1-7-2-3-8(5-11)9(4-7)14-6-10(12)13;10-7-2-1-6(4-11)8(3-7)14-5-9(12)13;1-2/h3-4,7H,2,6H2,1H3,(H,12,13);1-3H,5H2,(H,12,13);1-2H3. The second-order valence-electron chi connectivity index (χ2n) is 5.59. The van der Waals surface area contributed by atoms with Crippen LogP contribution in [-0.4, -0.2) is 35.4 Å². The van der Waals surface area contributed by atoms with Crippen molar-refractivity contribution in [3.05, 3.63) is 51.7 Å². The normalized spacial score (nSPS) is 14.0. The van der Waals surface area contributed by atoms with Crippen LogP contribution in [0.3, 0.4) is 0 Å². The zero-order valence-electron chi connectivity index (χ0n) is 16.9. The Morgan fingerprint density at radius 3 is 2.27 bits per heavy atom. The van der Waals surface area contributed by atoms with Gasteiger partial charge in [0.1, 0.15) is 23.6 Å². The number of hydrogen-bond acceptors (Lipinski definition) is 6. The Balaban J connectivity index is 0.000000518. The number of benzene rings is 1. The van der Waals surface area contributed by atoms with Crippen LogP contribution < -0.4 is 4.74 Å². The fraction of sp³-hybridized carbons (Fsp3) is 0.333. The number of aliphatic carboxylic acids is 2. The molecule has 2 rings (SSSR count). The molecule has 1 atom stereocenters. The maximum atomic E-state index is 10.3. The molecule has 0 bridgehead atoms. The molecule has 30 heavy (non-hydrogen) atoms. The molecule has 1 aromatic carbocycles. The highest BCUT2D eigenvalue weighted by atomic mass is 79.9. The number of carbonyl (C=O) groups is 2. The second-order valence-corrected chi connectivity index (χ2v) is 6.51. The van der Waals surface area contributed by atoms with Crippen LogP contribution >= 0.6 is 15.9 Å². The molecule has 0 saturated carbocycles. The van der Waals surface area contributed by atoms with E-state index < -0.39 is 25.2 Å². The summed E-state index contributed by atoms with van der Waals surface area (Å²) in [4.78, 5) is 20.5. The molecule has 0 heterocycles. The van der Waals surface area contributed by atoms with Gasteiger partial charge in [0.05, 0.1) is 11.1 Å². The lowest BCUT2D eigenvalue weighted by Gasteiger charge is -2.15. The number of nitrogens with zero attached hydrogens (tertiary/aromatic N) is 2. The minimum absolute atomic E-state index is 0.268. The van der Waals surface area contributed by atoms with E-state index in [9.17, 15) is 9.59 Å². The van der Waals surface area contributed by atoms with Crippen LogP contribution in [0.2, 0.25) is 0 Å². The highest BCUT2D eigenvalue weighted by Gasteiger charge is 2.14. The molecule has 0 fully saturated rings. The van der Waals surface area contributed by atoms with Crippen molar-refractivity contribution in [2.75, 3.05) is 13.2 Å². The fourth-order valence-electron chi connectivity index (χ4n) is 2.03. The van der Waals surface area contributed by atoms with Gasteiger partial charge < -0.3 is 19.7 Å². The van der Waals surface area contributed by atoms with Crippen molar-refractivity contribution in [1.82, 2.24) is 0 Å². The van der Waals surface area contributed by atoms with Crippen LogP contribution in [0.15, 0.2) is 46.2 Å². The molecule has 0 aromatic heterocycles. The molecule has 0 radical (unpaired) electrons. The molecule has 0 aliphatic heterocycles. The van der Waals surface area contributed by atoms with E-state index in [0.29, 0.717) is 16.9 Å². The first-order valence-electron chi connectivity index (χ1n) is 8.98. The first-order valence-corrected chi connectivity index (χ1v) is 9.77. The van der Waals surface area contributed by atoms with Crippen LogP contribution in [0.25, 0.3) is 0 Å². The molecule has 2 N–H and O–H groups in total. The second kappa shape index (κ2) is 14.7. The third-order valence-electron chi connectivity index (χ3n) is 3.28. The molecule has 1 aliphatic carbocycles. The number of carboxylic acids is 2. The predicted molar refractivity (Wildman–Crippen MR) is 112 cm³/mol. The lowest BCUT2D eigenvalue weighted by molar-refractivity contribution is -0.141. The summed E-state index contributed by atoms with van der Waals surface area (Å²) in [6, 6.07) is 8.68. The third-order valence-corrected chi connectivity index (χ3v) is 3.78. The summed E-state index contributed by atoms with van der Waals surface area (Å²) in [7, 11) is 0. The lowest BCUT2D eigenvalue weighted by Crippen LogP contribution is -2.10. The van der Waals surface area contributed by atoms with Gasteiger partial charge in [0.25, 0.3) is 0 Å². The monoisotopic (exact) mass is 478 g/mol. The van der Waals surface area contributed by atoms with Gasteiger partial charge in [-0.1, -0.05) is 42.8 Å². The number of halogens is 1. The molecule has 160 valence electrons. The smallest absolute Gasteiger partial charge is 0.341 e. The number of ether oxygens (including phenoxy) is 2. The third kappa shape index (κ3) is 10.3. The van der Waals surface area contributed by atoms with Crippen LogP contribution in [0, 0.1) is 28.6 Å². The van der Waals surface area contributed by atoms with Gasteiger partial charge in [0, 0.05) is 4.47 Å². The van der Waals surface area contributed by atoms with Gasteiger partial charge in [-0.2, -0.15) is 10.5 Å². The van der Waals surface area contributed by atoms with E-state index in [1.807, 2.05) is 32.9 Å². The Labute approximate surface area is 183 Å². The van der Waals surface area contributed by atoms with Gasteiger partial charge in [-0.25, -0.2) is 9.59 Å². The SMILES string of the molecule is CC.CC1C=C(OCC(=O)O)C(C#N)=CC1.N#Cc1ccc(Br)cc1OCC(=O)O. The summed E-state index contributed by atoms with van der Waals surface area (Å²) < 4.78 is 10.6. The molecule has 1 aromatic rings. The van der Waals surface area contributed by atoms with Crippen molar-refractivity contribution in [2.24, 2.45) is 5.92 Å².